The third-order valence-electron chi connectivity index (χ3n) is 6.50. The molecule has 40 heavy (non-hydrogen) atoms. The number of nitrogens with zero attached hydrogens (tertiary/aromatic N) is 3. The van der Waals surface area contributed by atoms with Crippen molar-refractivity contribution in [1.29, 1.82) is 0 Å². The molecular weight excluding hydrogens is 534 g/mol. The summed E-state index contributed by atoms with van der Waals surface area (Å²) in [6, 6.07) is 7.03. The molecule has 3 aromatic rings. The Morgan fingerprint density at radius 1 is 1.12 bits per heavy atom. The van der Waals surface area contributed by atoms with E-state index in [-0.39, 0.29) is 23.4 Å². The van der Waals surface area contributed by atoms with E-state index in [4.69, 9.17) is 4.42 Å². The summed E-state index contributed by atoms with van der Waals surface area (Å²) < 4.78 is 9.38. The van der Waals surface area contributed by atoms with Crippen molar-refractivity contribution in [1.82, 2.24) is 35.8 Å². The smallest absolute Gasteiger partial charge is 0.273 e. The van der Waals surface area contributed by atoms with Crippen LogP contribution in [0, 0.1) is 0 Å². The van der Waals surface area contributed by atoms with Crippen LogP contribution in [0.1, 0.15) is 89.3 Å². The summed E-state index contributed by atoms with van der Waals surface area (Å²) in [4.78, 5) is 56.9. The number of benzene rings is 1. The lowest BCUT2D eigenvalue weighted by Crippen LogP contribution is -2.49. The summed E-state index contributed by atoms with van der Waals surface area (Å²) in [6.07, 6.45) is 2.93. The molecule has 4 rings (SSSR count). The van der Waals surface area contributed by atoms with Crippen LogP contribution in [-0.4, -0.2) is 56.8 Å². The molecule has 13 heteroatoms. The van der Waals surface area contributed by atoms with E-state index in [1.165, 1.54) is 6.26 Å². The predicted molar refractivity (Wildman–Crippen MR) is 147 cm³/mol. The summed E-state index contributed by atoms with van der Waals surface area (Å²) in [5.41, 5.74) is 1.45. The molecule has 2 aromatic heterocycles. The van der Waals surface area contributed by atoms with Crippen LogP contribution < -0.4 is 21.3 Å². The number of aromatic nitrogens is 3. The average Bonchev–Trinajstić information content (AvgIpc) is 3.62. The highest BCUT2D eigenvalue weighted by Gasteiger charge is 2.29. The van der Waals surface area contributed by atoms with Gasteiger partial charge in [-0.05, 0) is 49.2 Å². The predicted octanol–water partition coefficient (Wildman–Crippen LogP) is 2.27. The first kappa shape index (κ1) is 28.9. The third kappa shape index (κ3) is 7.29. The first-order chi connectivity index (χ1) is 19.2. The zero-order valence-electron chi connectivity index (χ0n) is 22.6. The molecule has 1 aliphatic heterocycles. The molecule has 0 saturated heterocycles. The van der Waals surface area contributed by atoms with Gasteiger partial charge in [-0.3, -0.25) is 19.2 Å². The zero-order chi connectivity index (χ0) is 28.6. The standard InChI is InChI=1S/C27H33N7O5S/c1-15(2)21-22(40-34-33-21)26(38)30-18-11-7-8-12-28-23(35)19(13-17-9-5-4-6-10-17)31-25(37)20-14-39-27(32-20)16(3)29-24(18)36/h4-6,9-10,14-16,18-19H,7-8,11-13H2,1-3H3,(H,28,35)(H,29,36)(H,30,38)(H,31,37)/t16-,18-,19-/m0/s1. The molecule has 12 nitrogen and oxygen atoms in total. The highest BCUT2D eigenvalue weighted by molar-refractivity contribution is 7.08. The van der Waals surface area contributed by atoms with Gasteiger partial charge in [0.05, 0.1) is 5.69 Å². The SMILES string of the molecule is CC(C)c1nnsc1C(=O)N[C@H]1CCCCNC(=O)[C@H](Cc2ccccc2)NC(=O)c2coc(n2)[C@H](C)NC1=O. The first-order valence-corrected chi connectivity index (χ1v) is 14.0. The molecule has 4 N–H and O–H groups in total. The summed E-state index contributed by atoms with van der Waals surface area (Å²) in [7, 11) is 0. The van der Waals surface area contributed by atoms with Gasteiger partial charge in [-0.2, -0.15) is 0 Å². The van der Waals surface area contributed by atoms with Gasteiger partial charge < -0.3 is 25.7 Å². The summed E-state index contributed by atoms with van der Waals surface area (Å²) >= 11 is 0.983. The first-order valence-electron chi connectivity index (χ1n) is 13.2. The minimum Gasteiger partial charge on any atom is -0.446 e. The lowest BCUT2D eigenvalue weighted by atomic mass is 10.0. The van der Waals surface area contributed by atoms with Gasteiger partial charge in [-0.1, -0.05) is 48.7 Å². The van der Waals surface area contributed by atoms with Crippen molar-refractivity contribution in [3.05, 3.63) is 64.3 Å². The largest absolute Gasteiger partial charge is 0.446 e. The van der Waals surface area contributed by atoms with Gasteiger partial charge in [0.25, 0.3) is 11.8 Å². The van der Waals surface area contributed by atoms with Gasteiger partial charge >= 0.3 is 0 Å². The molecule has 0 saturated carbocycles. The van der Waals surface area contributed by atoms with Gasteiger partial charge in [-0.25, -0.2) is 4.98 Å². The number of hydrogen-bond donors (Lipinski definition) is 4. The Bertz CT molecular complexity index is 1340. The number of rotatable bonds is 5. The van der Waals surface area contributed by atoms with E-state index in [1.807, 2.05) is 44.2 Å². The average molecular weight is 568 g/mol. The summed E-state index contributed by atoms with van der Waals surface area (Å²) in [5, 5.41) is 15.3. The van der Waals surface area contributed by atoms with E-state index in [1.54, 1.807) is 6.92 Å². The minimum absolute atomic E-state index is 0.00360. The fraction of sp³-hybridized carbons (Fsp3) is 0.444. The van der Waals surface area contributed by atoms with Crippen LogP contribution in [-0.2, 0) is 16.0 Å². The van der Waals surface area contributed by atoms with Crippen molar-refractivity contribution in [3.63, 3.8) is 0 Å². The van der Waals surface area contributed by atoms with Crippen LogP contribution in [0.25, 0.3) is 0 Å². The molecule has 0 unspecified atom stereocenters. The number of hydrogen-bond acceptors (Lipinski definition) is 9. The Balaban J connectivity index is 1.52. The third-order valence-corrected chi connectivity index (χ3v) is 7.24. The number of carbonyl (C=O) groups excluding carboxylic acids is 4. The number of carbonyl (C=O) groups is 4. The number of amides is 4. The van der Waals surface area contributed by atoms with Crippen LogP contribution in [0.4, 0.5) is 0 Å². The maximum Gasteiger partial charge on any atom is 0.273 e. The van der Waals surface area contributed by atoms with Gasteiger partial charge in [-0.15, -0.1) is 5.10 Å². The van der Waals surface area contributed by atoms with E-state index in [2.05, 4.69) is 35.8 Å². The van der Waals surface area contributed by atoms with Crippen LogP contribution in [0.3, 0.4) is 0 Å². The van der Waals surface area contributed by atoms with Crippen molar-refractivity contribution in [3.8, 4) is 0 Å². The Kier molecular flexibility index (Phi) is 9.59. The van der Waals surface area contributed by atoms with E-state index >= 15 is 0 Å². The Hall–Kier alpha value is -4.13. The molecule has 3 heterocycles. The monoisotopic (exact) mass is 567 g/mol. The van der Waals surface area contributed by atoms with Crippen LogP contribution in [0.2, 0.25) is 0 Å². The van der Waals surface area contributed by atoms with E-state index in [0.29, 0.717) is 42.8 Å². The van der Waals surface area contributed by atoms with Gasteiger partial charge in [0, 0.05) is 13.0 Å². The molecule has 1 aromatic carbocycles. The molecule has 0 spiro atoms. The van der Waals surface area contributed by atoms with E-state index in [0.717, 1.165) is 17.1 Å². The number of oxazole rings is 1. The molecule has 0 radical (unpaired) electrons. The second-order valence-corrected chi connectivity index (χ2v) is 10.7. The van der Waals surface area contributed by atoms with Crippen molar-refractivity contribution >= 4 is 35.2 Å². The molecule has 1 aliphatic rings. The minimum atomic E-state index is -0.857. The van der Waals surface area contributed by atoms with Crippen LogP contribution in [0.15, 0.2) is 41.0 Å². The van der Waals surface area contributed by atoms with Crippen LogP contribution in [0.5, 0.6) is 0 Å². The van der Waals surface area contributed by atoms with Gasteiger partial charge in [0.15, 0.2) is 5.69 Å². The Morgan fingerprint density at radius 2 is 1.90 bits per heavy atom. The second-order valence-electron chi connectivity index (χ2n) is 9.97. The van der Waals surface area contributed by atoms with Crippen molar-refractivity contribution in [2.45, 2.75) is 70.5 Å². The molecule has 4 amide bonds. The normalized spacial score (nSPS) is 20.9. The number of fused-ring (bicyclic) bond motifs is 2. The molecule has 0 aliphatic carbocycles. The van der Waals surface area contributed by atoms with Crippen LogP contribution >= 0.6 is 11.5 Å². The van der Waals surface area contributed by atoms with E-state index < -0.39 is 35.8 Å². The molecule has 0 fully saturated rings. The highest BCUT2D eigenvalue weighted by atomic mass is 32.1. The summed E-state index contributed by atoms with van der Waals surface area (Å²) in [6.45, 7) is 5.84. The van der Waals surface area contributed by atoms with Gasteiger partial charge in [0.2, 0.25) is 17.7 Å². The zero-order valence-corrected chi connectivity index (χ0v) is 23.4. The quantitative estimate of drug-likeness (QED) is 0.364. The Labute approximate surface area is 235 Å². The fourth-order valence-corrected chi connectivity index (χ4v) is 5.01. The lowest BCUT2D eigenvalue weighted by Gasteiger charge is -2.21. The van der Waals surface area contributed by atoms with Crippen molar-refractivity contribution < 1.29 is 23.6 Å². The molecule has 212 valence electrons. The maximum atomic E-state index is 13.2. The Morgan fingerprint density at radius 3 is 2.65 bits per heavy atom. The highest BCUT2D eigenvalue weighted by Crippen LogP contribution is 2.20. The lowest BCUT2D eigenvalue weighted by molar-refractivity contribution is -0.124. The van der Waals surface area contributed by atoms with Gasteiger partial charge in [0.1, 0.15) is 29.3 Å². The fourth-order valence-electron chi connectivity index (χ4n) is 4.29. The molecule has 3 atom stereocenters. The number of nitrogens with one attached hydrogen (secondary N) is 4. The molecule has 2 bridgehead atoms. The molecular formula is C27H33N7O5S. The van der Waals surface area contributed by atoms with Crippen molar-refractivity contribution in [2.75, 3.05) is 6.54 Å². The van der Waals surface area contributed by atoms with E-state index in [9.17, 15) is 19.2 Å². The second kappa shape index (κ2) is 13.3. The summed E-state index contributed by atoms with van der Waals surface area (Å²) in [5.74, 6) is -1.63. The van der Waals surface area contributed by atoms with Crippen molar-refractivity contribution in [2.24, 2.45) is 0 Å². The topological polar surface area (TPSA) is 168 Å². The maximum absolute atomic E-state index is 13.2.